The van der Waals surface area contributed by atoms with E-state index in [0.717, 1.165) is 23.3 Å². The zero-order chi connectivity index (χ0) is 17.9. The van der Waals surface area contributed by atoms with Gasteiger partial charge in [-0.3, -0.25) is 4.79 Å². The van der Waals surface area contributed by atoms with Crippen LogP contribution in [0.15, 0.2) is 59.4 Å². The second-order valence-corrected chi connectivity index (χ2v) is 6.84. The molecule has 4 rings (SSSR count). The smallest absolute Gasteiger partial charge is 0.291 e. The average Bonchev–Trinajstić information content (AvgIpc) is 3.22. The molecule has 6 heteroatoms. The molecule has 26 heavy (non-hydrogen) atoms. The summed E-state index contributed by atoms with van der Waals surface area (Å²) in [7, 11) is 0. The van der Waals surface area contributed by atoms with E-state index in [1.54, 1.807) is 0 Å². The Balaban J connectivity index is 1.67. The normalized spacial score (nSPS) is 12.0. The van der Waals surface area contributed by atoms with Gasteiger partial charge in [0.15, 0.2) is 5.82 Å². The van der Waals surface area contributed by atoms with Crippen molar-refractivity contribution in [2.24, 2.45) is 0 Å². The quantitative estimate of drug-likeness (QED) is 0.547. The van der Waals surface area contributed by atoms with Gasteiger partial charge in [0.25, 0.3) is 5.56 Å². The van der Waals surface area contributed by atoms with Gasteiger partial charge in [-0.1, -0.05) is 60.7 Å². The van der Waals surface area contributed by atoms with Crippen molar-refractivity contribution >= 4 is 22.4 Å². The number of fused-ring (bicyclic) bond motifs is 1. The summed E-state index contributed by atoms with van der Waals surface area (Å²) in [4.78, 5) is 17.7. The van der Waals surface area contributed by atoms with Crippen molar-refractivity contribution in [1.29, 1.82) is 0 Å². The SMILES string of the molecule is CCCOc1ccc(/C=c2/sc3nc(-c4ccccc4)nn3c2=O)cc1. The summed E-state index contributed by atoms with van der Waals surface area (Å²) in [6, 6.07) is 17.4. The predicted octanol–water partition coefficient (Wildman–Crippen LogP) is 3.15. The Morgan fingerprint density at radius 3 is 2.58 bits per heavy atom. The summed E-state index contributed by atoms with van der Waals surface area (Å²) >= 11 is 1.34. The monoisotopic (exact) mass is 363 g/mol. The Hall–Kier alpha value is -2.99. The molecule has 0 amide bonds. The molecule has 0 spiro atoms. The molecule has 0 N–H and O–H groups in total. The number of hydrogen-bond acceptors (Lipinski definition) is 5. The zero-order valence-corrected chi connectivity index (χ0v) is 15.1. The molecule has 0 saturated heterocycles. The van der Waals surface area contributed by atoms with Crippen molar-refractivity contribution in [2.45, 2.75) is 13.3 Å². The Morgan fingerprint density at radius 1 is 1.12 bits per heavy atom. The summed E-state index contributed by atoms with van der Waals surface area (Å²) in [5.74, 6) is 1.40. The first-order chi connectivity index (χ1) is 12.7. The number of benzene rings is 2. The molecule has 0 bridgehead atoms. The third kappa shape index (κ3) is 3.23. The predicted molar refractivity (Wildman–Crippen MR) is 104 cm³/mol. The van der Waals surface area contributed by atoms with Gasteiger partial charge in [0, 0.05) is 5.56 Å². The van der Waals surface area contributed by atoms with Crippen LogP contribution < -0.4 is 14.8 Å². The number of hydrogen-bond donors (Lipinski definition) is 0. The Morgan fingerprint density at radius 2 is 1.88 bits per heavy atom. The molecule has 0 atom stereocenters. The Bertz CT molecular complexity index is 1130. The zero-order valence-electron chi connectivity index (χ0n) is 14.3. The second-order valence-electron chi connectivity index (χ2n) is 5.83. The van der Waals surface area contributed by atoms with Gasteiger partial charge in [0.1, 0.15) is 5.75 Å². The number of thiazole rings is 1. The van der Waals surface area contributed by atoms with E-state index >= 15 is 0 Å². The van der Waals surface area contributed by atoms with E-state index in [9.17, 15) is 4.79 Å². The molecule has 0 aliphatic carbocycles. The summed E-state index contributed by atoms with van der Waals surface area (Å²) in [6.45, 7) is 2.77. The van der Waals surface area contributed by atoms with Crippen molar-refractivity contribution in [3.05, 3.63) is 75.0 Å². The van der Waals surface area contributed by atoms with Gasteiger partial charge in [-0.2, -0.15) is 9.50 Å². The van der Waals surface area contributed by atoms with E-state index in [1.807, 2.05) is 60.7 Å². The number of aromatic nitrogens is 3. The molecular formula is C20H17N3O2S. The van der Waals surface area contributed by atoms with Crippen molar-refractivity contribution < 1.29 is 4.74 Å². The molecular weight excluding hydrogens is 346 g/mol. The maximum Gasteiger partial charge on any atom is 0.291 e. The van der Waals surface area contributed by atoms with Gasteiger partial charge < -0.3 is 4.74 Å². The highest BCUT2D eigenvalue weighted by Crippen LogP contribution is 2.16. The van der Waals surface area contributed by atoms with Gasteiger partial charge in [0.05, 0.1) is 11.1 Å². The fourth-order valence-corrected chi connectivity index (χ4v) is 3.48. The second kappa shape index (κ2) is 7.09. The topological polar surface area (TPSA) is 56.5 Å². The van der Waals surface area contributed by atoms with E-state index in [4.69, 9.17) is 4.74 Å². The molecule has 2 heterocycles. The van der Waals surface area contributed by atoms with E-state index < -0.39 is 0 Å². The Labute approximate surface area is 154 Å². The highest BCUT2D eigenvalue weighted by molar-refractivity contribution is 7.15. The van der Waals surface area contributed by atoms with Crippen LogP contribution in [0.5, 0.6) is 5.75 Å². The summed E-state index contributed by atoms with van der Waals surface area (Å²) < 4.78 is 7.56. The molecule has 0 aliphatic heterocycles. The average molecular weight is 363 g/mol. The van der Waals surface area contributed by atoms with Crippen LogP contribution in [0.2, 0.25) is 0 Å². The van der Waals surface area contributed by atoms with Crippen LogP contribution in [0.3, 0.4) is 0 Å². The maximum atomic E-state index is 12.6. The van der Waals surface area contributed by atoms with Crippen LogP contribution in [0.25, 0.3) is 22.4 Å². The van der Waals surface area contributed by atoms with Crippen LogP contribution in [0.4, 0.5) is 0 Å². The van der Waals surface area contributed by atoms with Crippen molar-refractivity contribution in [3.63, 3.8) is 0 Å². The minimum absolute atomic E-state index is 0.147. The fraction of sp³-hybridized carbons (Fsp3) is 0.150. The van der Waals surface area contributed by atoms with Crippen LogP contribution >= 0.6 is 11.3 Å². The van der Waals surface area contributed by atoms with E-state index in [1.165, 1.54) is 15.9 Å². The highest BCUT2D eigenvalue weighted by Gasteiger charge is 2.11. The maximum absolute atomic E-state index is 12.6. The largest absolute Gasteiger partial charge is 0.494 e. The standard InChI is InChI=1S/C20H17N3O2S/c1-2-12-25-16-10-8-14(9-11-16)13-17-19(24)23-20(26-17)21-18(22-23)15-6-4-3-5-7-15/h3-11,13H,2,12H2,1H3/b17-13+. The third-order valence-corrected chi connectivity index (χ3v) is 4.82. The number of rotatable bonds is 5. The van der Waals surface area contributed by atoms with Gasteiger partial charge in [-0.15, -0.1) is 5.10 Å². The lowest BCUT2D eigenvalue weighted by Gasteiger charge is -2.03. The van der Waals surface area contributed by atoms with Crippen molar-refractivity contribution in [3.8, 4) is 17.1 Å². The molecule has 4 aromatic rings. The van der Waals surface area contributed by atoms with Gasteiger partial charge in [0.2, 0.25) is 4.96 Å². The van der Waals surface area contributed by atoms with Gasteiger partial charge >= 0.3 is 0 Å². The minimum atomic E-state index is -0.147. The summed E-state index contributed by atoms with van der Waals surface area (Å²) in [5.41, 5.74) is 1.70. The molecule has 130 valence electrons. The summed E-state index contributed by atoms with van der Waals surface area (Å²) in [5, 5.41) is 4.36. The minimum Gasteiger partial charge on any atom is -0.494 e. The molecule has 0 saturated carbocycles. The fourth-order valence-electron chi connectivity index (χ4n) is 2.57. The molecule has 2 aromatic heterocycles. The summed E-state index contributed by atoms with van der Waals surface area (Å²) in [6.07, 6.45) is 2.83. The molecule has 0 fully saturated rings. The lowest BCUT2D eigenvalue weighted by Crippen LogP contribution is -2.23. The van der Waals surface area contributed by atoms with Crippen LogP contribution in [-0.2, 0) is 0 Å². The first-order valence-corrected chi connectivity index (χ1v) is 9.26. The first kappa shape index (κ1) is 16.5. The lowest BCUT2D eigenvalue weighted by atomic mass is 10.2. The number of ether oxygens (including phenoxy) is 1. The van der Waals surface area contributed by atoms with Crippen LogP contribution in [-0.4, -0.2) is 21.2 Å². The Kier molecular flexibility index (Phi) is 4.50. The van der Waals surface area contributed by atoms with Gasteiger partial charge in [-0.05, 0) is 30.2 Å². The third-order valence-electron chi connectivity index (χ3n) is 3.86. The van der Waals surface area contributed by atoms with Crippen LogP contribution in [0.1, 0.15) is 18.9 Å². The number of nitrogens with zero attached hydrogens (tertiary/aromatic N) is 3. The van der Waals surface area contributed by atoms with Gasteiger partial charge in [-0.25, -0.2) is 0 Å². The molecule has 0 radical (unpaired) electrons. The van der Waals surface area contributed by atoms with E-state index in [-0.39, 0.29) is 5.56 Å². The molecule has 2 aromatic carbocycles. The molecule has 5 nitrogen and oxygen atoms in total. The lowest BCUT2D eigenvalue weighted by molar-refractivity contribution is 0.317. The van der Waals surface area contributed by atoms with E-state index in [2.05, 4.69) is 17.0 Å². The molecule has 0 unspecified atom stereocenters. The van der Waals surface area contributed by atoms with Crippen molar-refractivity contribution in [2.75, 3.05) is 6.61 Å². The van der Waals surface area contributed by atoms with Crippen molar-refractivity contribution in [1.82, 2.24) is 14.6 Å². The first-order valence-electron chi connectivity index (χ1n) is 8.44. The highest BCUT2D eigenvalue weighted by atomic mass is 32.1. The van der Waals surface area contributed by atoms with E-state index in [0.29, 0.717) is 21.9 Å². The van der Waals surface area contributed by atoms with Crippen LogP contribution in [0, 0.1) is 0 Å². The molecule has 0 aliphatic rings.